The van der Waals surface area contributed by atoms with Crippen molar-refractivity contribution < 1.29 is 9.59 Å². The van der Waals surface area contributed by atoms with Crippen LogP contribution in [-0.4, -0.2) is 31.6 Å². The third-order valence-electron chi connectivity index (χ3n) is 5.93. The van der Waals surface area contributed by atoms with Crippen LogP contribution in [0.3, 0.4) is 0 Å². The minimum atomic E-state index is -0.486. The number of nitrogens with two attached hydrogens (primary N) is 1. The van der Waals surface area contributed by atoms with Crippen LogP contribution >= 0.6 is 0 Å². The van der Waals surface area contributed by atoms with Gasteiger partial charge in [-0.1, -0.05) is 18.2 Å². The van der Waals surface area contributed by atoms with Gasteiger partial charge in [-0.25, -0.2) is 4.68 Å². The van der Waals surface area contributed by atoms with Crippen LogP contribution in [0.1, 0.15) is 50.5 Å². The zero-order chi connectivity index (χ0) is 24.7. The second kappa shape index (κ2) is 8.56. The van der Waals surface area contributed by atoms with E-state index in [0.717, 1.165) is 28.3 Å². The first kappa shape index (κ1) is 22.1. The van der Waals surface area contributed by atoms with Gasteiger partial charge in [0.25, 0.3) is 5.91 Å². The van der Waals surface area contributed by atoms with Gasteiger partial charge in [0.1, 0.15) is 17.2 Å². The lowest BCUT2D eigenvalue weighted by Crippen LogP contribution is -2.34. The Morgan fingerprint density at radius 3 is 2.63 bits per heavy atom. The van der Waals surface area contributed by atoms with Crippen molar-refractivity contribution in [2.75, 3.05) is 5.32 Å². The number of rotatable bonds is 5. The fourth-order valence-corrected chi connectivity index (χ4v) is 4.13. The molecule has 0 bridgehead atoms. The fourth-order valence-electron chi connectivity index (χ4n) is 4.13. The maximum atomic E-state index is 13.2. The molecule has 35 heavy (non-hydrogen) atoms. The van der Waals surface area contributed by atoms with Crippen molar-refractivity contribution >= 4 is 17.6 Å². The number of hydrogen-bond acceptors (Lipinski definition) is 6. The Bertz CT molecular complexity index is 1500. The molecule has 5 N–H and O–H groups in total. The Hall–Kier alpha value is -4.73. The van der Waals surface area contributed by atoms with Crippen molar-refractivity contribution in [2.24, 2.45) is 5.73 Å². The molecule has 4 aromatic rings. The molecule has 3 aromatic heterocycles. The number of anilines is 1. The van der Waals surface area contributed by atoms with Gasteiger partial charge in [0.2, 0.25) is 11.3 Å². The van der Waals surface area contributed by atoms with Gasteiger partial charge in [-0.05, 0) is 37.6 Å². The van der Waals surface area contributed by atoms with Gasteiger partial charge >= 0.3 is 0 Å². The standard InChI is InChI=1S/C25H23N7O3/c1-13-9-20-30-14(2)21-22(33)18(12-28-24(21)32(20)31-13)25(35)29-11-15-3-8-19(27-10-15)16-4-6-17(7-5-16)23(26)34/h3-10,12,14,30H,11H2,1-2H3,(H2,26,34)(H,28,33)(H,29,35). The highest BCUT2D eigenvalue weighted by Gasteiger charge is 2.28. The Morgan fingerprint density at radius 2 is 1.94 bits per heavy atom. The molecule has 0 saturated carbocycles. The Kier molecular flexibility index (Phi) is 5.40. The lowest BCUT2D eigenvalue weighted by atomic mass is 10.0. The van der Waals surface area contributed by atoms with Crippen LogP contribution in [-0.2, 0) is 6.54 Å². The number of nitrogens with zero attached hydrogens (tertiary/aromatic N) is 3. The van der Waals surface area contributed by atoms with Gasteiger partial charge in [-0.3, -0.25) is 19.4 Å². The van der Waals surface area contributed by atoms with Crippen molar-refractivity contribution in [3.63, 3.8) is 0 Å². The molecule has 2 amide bonds. The number of aryl methyl sites for hydroxylation is 1. The van der Waals surface area contributed by atoms with Crippen molar-refractivity contribution in [1.82, 2.24) is 25.1 Å². The number of amides is 2. The third-order valence-corrected chi connectivity index (χ3v) is 5.93. The zero-order valence-corrected chi connectivity index (χ0v) is 19.1. The van der Waals surface area contributed by atoms with E-state index in [1.54, 1.807) is 35.1 Å². The second-order valence-electron chi connectivity index (χ2n) is 8.42. The molecule has 1 aliphatic heterocycles. The summed E-state index contributed by atoms with van der Waals surface area (Å²) < 4.78 is 1.64. The largest absolute Gasteiger partial charge is 0.366 e. The van der Waals surface area contributed by atoms with Gasteiger partial charge < -0.3 is 21.4 Å². The molecular formula is C25H23N7O3. The number of aromatic amines is 1. The van der Waals surface area contributed by atoms with Crippen LogP contribution in [0.25, 0.3) is 17.1 Å². The number of primary amides is 1. The van der Waals surface area contributed by atoms with Crippen LogP contribution in [0.5, 0.6) is 0 Å². The van der Waals surface area contributed by atoms with E-state index in [2.05, 4.69) is 25.7 Å². The van der Waals surface area contributed by atoms with E-state index >= 15 is 0 Å². The molecule has 0 saturated heterocycles. The van der Waals surface area contributed by atoms with E-state index < -0.39 is 11.8 Å². The van der Waals surface area contributed by atoms with Gasteiger partial charge in [-0.2, -0.15) is 5.10 Å². The maximum Gasteiger partial charge on any atom is 0.257 e. The van der Waals surface area contributed by atoms with Crippen LogP contribution < -0.4 is 21.8 Å². The van der Waals surface area contributed by atoms with E-state index in [4.69, 9.17) is 5.73 Å². The maximum absolute atomic E-state index is 13.2. The summed E-state index contributed by atoms with van der Waals surface area (Å²) in [5.74, 6) is 0.384. The highest BCUT2D eigenvalue weighted by molar-refractivity contribution is 5.94. The average Bonchev–Trinajstić information content (AvgIpc) is 3.23. The van der Waals surface area contributed by atoms with Gasteiger partial charge in [0.05, 0.1) is 23.0 Å². The van der Waals surface area contributed by atoms with Crippen molar-refractivity contribution in [1.29, 1.82) is 0 Å². The van der Waals surface area contributed by atoms with Gasteiger partial charge in [-0.15, -0.1) is 0 Å². The highest BCUT2D eigenvalue weighted by atomic mass is 16.2. The van der Waals surface area contributed by atoms with Crippen LogP contribution in [0, 0.1) is 6.92 Å². The van der Waals surface area contributed by atoms with E-state index in [-0.39, 0.29) is 23.6 Å². The Balaban J connectivity index is 1.31. The molecule has 1 atom stereocenters. The molecule has 1 unspecified atom stereocenters. The van der Waals surface area contributed by atoms with E-state index in [1.807, 2.05) is 32.0 Å². The number of aromatic nitrogens is 4. The molecule has 176 valence electrons. The summed E-state index contributed by atoms with van der Waals surface area (Å²) in [6.45, 7) is 3.95. The number of H-pyrrole nitrogens is 1. The fraction of sp³-hybridized carbons (Fsp3) is 0.160. The molecule has 0 aliphatic carbocycles. The molecule has 4 heterocycles. The number of benzene rings is 1. The van der Waals surface area contributed by atoms with Crippen LogP contribution in [0.15, 0.2) is 59.7 Å². The molecule has 0 fully saturated rings. The third kappa shape index (κ3) is 4.05. The molecule has 1 aromatic carbocycles. The van der Waals surface area contributed by atoms with Crippen molar-refractivity contribution in [3.05, 3.63) is 93.0 Å². The lowest BCUT2D eigenvalue weighted by Gasteiger charge is -2.25. The van der Waals surface area contributed by atoms with Crippen molar-refractivity contribution in [2.45, 2.75) is 26.4 Å². The number of hydrogen-bond donors (Lipinski definition) is 4. The summed E-state index contributed by atoms with van der Waals surface area (Å²) in [5.41, 5.74) is 9.00. The van der Waals surface area contributed by atoms with E-state index in [9.17, 15) is 14.4 Å². The summed E-state index contributed by atoms with van der Waals surface area (Å²) in [6.07, 6.45) is 3.08. The van der Waals surface area contributed by atoms with Crippen LogP contribution in [0.2, 0.25) is 0 Å². The summed E-state index contributed by atoms with van der Waals surface area (Å²) >= 11 is 0. The van der Waals surface area contributed by atoms with Crippen LogP contribution in [0.4, 0.5) is 5.82 Å². The zero-order valence-electron chi connectivity index (χ0n) is 19.1. The quantitative estimate of drug-likeness (QED) is 0.353. The molecule has 0 radical (unpaired) electrons. The molecule has 10 nitrogen and oxygen atoms in total. The summed E-state index contributed by atoms with van der Waals surface area (Å²) in [6, 6.07) is 12.1. The molecule has 0 spiro atoms. The summed E-state index contributed by atoms with van der Waals surface area (Å²) in [4.78, 5) is 44.7. The SMILES string of the molecule is Cc1cc2n(n1)-c1[nH]cc(C(=O)NCc3ccc(-c4ccc(C(N)=O)cc4)nc3)c(=O)c1C(C)N2. The summed E-state index contributed by atoms with van der Waals surface area (Å²) in [5, 5.41) is 10.4. The molecular weight excluding hydrogens is 446 g/mol. The normalized spacial score (nSPS) is 13.9. The predicted molar refractivity (Wildman–Crippen MR) is 130 cm³/mol. The highest BCUT2D eigenvalue weighted by Crippen LogP contribution is 2.29. The summed E-state index contributed by atoms with van der Waals surface area (Å²) in [7, 11) is 0. The second-order valence-corrected chi connectivity index (χ2v) is 8.42. The first-order chi connectivity index (χ1) is 16.8. The van der Waals surface area contributed by atoms with Gasteiger partial charge in [0.15, 0.2) is 0 Å². The minimum Gasteiger partial charge on any atom is -0.366 e. The van der Waals surface area contributed by atoms with Gasteiger partial charge in [0, 0.05) is 36.1 Å². The number of fused-ring (bicyclic) bond motifs is 3. The predicted octanol–water partition coefficient (Wildman–Crippen LogP) is 2.45. The Labute approximate surface area is 200 Å². The average molecular weight is 470 g/mol. The Morgan fingerprint density at radius 1 is 1.17 bits per heavy atom. The molecule has 1 aliphatic rings. The first-order valence-electron chi connectivity index (χ1n) is 11.0. The van der Waals surface area contributed by atoms with E-state index in [0.29, 0.717) is 16.9 Å². The molecule has 10 heteroatoms. The number of nitrogens with one attached hydrogen (secondary N) is 3. The first-order valence-corrected chi connectivity index (χ1v) is 11.0. The minimum absolute atomic E-state index is 0.0313. The van der Waals surface area contributed by atoms with Crippen molar-refractivity contribution in [3.8, 4) is 17.1 Å². The molecule has 5 rings (SSSR count). The monoisotopic (exact) mass is 469 g/mol. The number of pyridine rings is 2. The number of carbonyl (C=O) groups excluding carboxylic acids is 2. The topological polar surface area (TPSA) is 148 Å². The number of carbonyl (C=O) groups is 2. The van der Waals surface area contributed by atoms with E-state index in [1.165, 1.54) is 6.20 Å². The lowest BCUT2D eigenvalue weighted by molar-refractivity contribution is 0.0948. The smallest absolute Gasteiger partial charge is 0.257 e.